The Kier molecular flexibility index (Phi) is 2.82. The van der Waals surface area contributed by atoms with Gasteiger partial charge < -0.3 is 15.2 Å². The van der Waals surface area contributed by atoms with Crippen molar-refractivity contribution in [3.05, 3.63) is 28.5 Å². The maximum absolute atomic E-state index is 13.2. The second-order valence-electron chi connectivity index (χ2n) is 3.51. The van der Waals surface area contributed by atoms with Gasteiger partial charge >= 0.3 is 0 Å². The molecule has 0 aromatic heterocycles. The molecule has 2 N–H and O–H groups in total. The molecule has 0 radical (unpaired) electrons. The van der Waals surface area contributed by atoms with Crippen LogP contribution in [-0.4, -0.2) is 12.7 Å². The molecule has 5 heteroatoms. The fourth-order valence-corrected chi connectivity index (χ4v) is 1.63. The second kappa shape index (κ2) is 3.96. The van der Waals surface area contributed by atoms with E-state index in [0.29, 0.717) is 17.9 Å². The Morgan fingerprint density at radius 1 is 1.53 bits per heavy atom. The second-order valence-corrected chi connectivity index (χ2v) is 3.91. The molecular formula is C10H11ClFNO2. The fourth-order valence-electron chi connectivity index (χ4n) is 1.46. The van der Waals surface area contributed by atoms with E-state index in [1.54, 1.807) is 0 Å². The summed E-state index contributed by atoms with van der Waals surface area (Å²) in [5.41, 5.74) is 6.57. The van der Waals surface area contributed by atoms with E-state index in [-0.39, 0.29) is 11.1 Å². The van der Waals surface area contributed by atoms with Gasteiger partial charge in [0.1, 0.15) is 5.82 Å². The van der Waals surface area contributed by atoms with E-state index in [0.717, 1.165) is 0 Å². The third-order valence-electron chi connectivity index (χ3n) is 2.22. The Balaban J connectivity index is 2.32. The van der Waals surface area contributed by atoms with Crippen LogP contribution in [0.1, 0.15) is 18.8 Å². The van der Waals surface area contributed by atoms with Crippen molar-refractivity contribution < 1.29 is 13.9 Å². The van der Waals surface area contributed by atoms with Crippen LogP contribution in [-0.2, 0) is 9.47 Å². The van der Waals surface area contributed by atoms with Crippen LogP contribution in [0.15, 0.2) is 12.1 Å². The number of benzene rings is 1. The smallest absolute Gasteiger partial charge is 0.186 e. The summed E-state index contributed by atoms with van der Waals surface area (Å²) >= 11 is 5.58. The predicted octanol–water partition coefficient (Wildman–Crippen LogP) is 2.50. The van der Waals surface area contributed by atoms with Gasteiger partial charge in [-0.25, -0.2) is 4.39 Å². The molecule has 0 bridgehead atoms. The van der Waals surface area contributed by atoms with Crippen LogP contribution in [0.2, 0.25) is 5.02 Å². The lowest BCUT2D eigenvalue weighted by Gasteiger charge is -2.13. The third-order valence-corrected chi connectivity index (χ3v) is 2.51. The van der Waals surface area contributed by atoms with Gasteiger partial charge in [-0.2, -0.15) is 0 Å². The Labute approximate surface area is 91.9 Å². The van der Waals surface area contributed by atoms with Crippen molar-refractivity contribution in [1.29, 1.82) is 0 Å². The van der Waals surface area contributed by atoms with Gasteiger partial charge in [0.05, 0.1) is 17.7 Å². The van der Waals surface area contributed by atoms with Crippen molar-refractivity contribution in [3.8, 4) is 0 Å². The van der Waals surface area contributed by atoms with Gasteiger partial charge in [0.2, 0.25) is 0 Å². The molecule has 1 aromatic carbocycles. The van der Waals surface area contributed by atoms with Crippen LogP contribution in [0.4, 0.5) is 10.1 Å². The standard InChI is InChI=1S/C10H11ClFNO2/c1-5-4-14-10(15-5)6-2-8(12)7(11)3-9(6)13/h2-3,5,10H,4,13H2,1H3. The molecule has 82 valence electrons. The molecule has 2 rings (SSSR count). The zero-order chi connectivity index (χ0) is 11.0. The van der Waals surface area contributed by atoms with Crippen molar-refractivity contribution in [2.75, 3.05) is 12.3 Å². The van der Waals surface area contributed by atoms with Gasteiger partial charge in [-0.15, -0.1) is 0 Å². The Morgan fingerprint density at radius 2 is 2.27 bits per heavy atom. The number of nitrogen functional groups attached to an aromatic ring is 1. The first-order valence-corrected chi connectivity index (χ1v) is 4.97. The van der Waals surface area contributed by atoms with Crippen LogP contribution in [0, 0.1) is 5.82 Å². The van der Waals surface area contributed by atoms with Gasteiger partial charge in [-0.3, -0.25) is 0 Å². The first-order chi connectivity index (χ1) is 7.08. The average Bonchev–Trinajstić information content (AvgIpc) is 2.58. The zero-order valence-electron chi connectivity index (χ0n) is 8.17. The van der Waals surface area contributed by atoms with Gasteiger partial charge in [0, 0.05) is 11.3 Å². The van der Waals surface area contributed by atoms with E-state index in [1.807, 2.05) is 6.92 Å². The summed E-state index contributed by atoms with van der Waals surface area (Å²) in [7, 11) is 0. The topological polar surface area (TPSA) is 44.5 Å². The molecule has 1 saturated heterocycles. The Hall–Kier alpha value is -0.840. The number of anilines is 1. The molecule has 0 amide bonds. The molecule has 0 saturated carbocycles. The van der Waals surface area contributed by atoms with Crippen molar-refractivity contribution >= 4 is 17.3 Å². The summed E-state index contributed by atoms with van der Waals surface area (Å²) in [4.78, 5) is 0. The maximum atomic E-state index is 13.2. The van der Waals surface area contributed by atoms with Crippen molar-refractivity contribution in [2.24, 2.45) is 0 Å². The number of hydrogen-bond donors (Lipinski definition) is 1. The highest BCUT2D eigenvalue weighted by Crippen LogP contribution is 2.33. The monoisotopic (exact) mass is 231 g/mol. The molecule has 1 heterocycles. The van der Waals surface area contributed by atoms with E-state index in [1.165, 1.54) is 12.1 Å². The number of ether oxygens (including phenoxy) is 2. The molecular weight excluding hydrogens is 221 g/mol. The van der Waals surface area contributed by atoms with Crippen molar-refractivity contribution in [1.82, 2.24) is 0 Å². The first-order valence-electron chi connectivity index (χ1n) is 4.59. The minimum atomic E-state index is -0.591. The lowest BCUT2D eigenvalue weighted by molar-refractivity contribution is -0.0568. The summed E-state index contributed by atoms with van der Waals surface area (Å²) in [5, 5.41) is 0.00213. The number of hydrogen-bond acceptors (Lipinski definition) is 3. The number of nitrogens with two attached hydrogens (primary N) is 1. The molecule has 1 fully saturated rings. The summed E-state index contributed by atoms with van der Waals surface area (Å²) in [6.45, 7) is 2.36. The van der Waals surface area contributed by atoms with Gasteiger partial charge in [0.25, 0.3) is 0 Å². The Bertz CT molecular complexity index is 386. The molecule has 3 nitrogen and oxygen atoms in total. The van der Waals surface area contributed by atoms with Crippen LogP contribution in [0.25, 0.3) is 0 Å². The highest BCUT2D eigenvalue weighted by Gasteiger charge is 2.26. The summed E-state index contributed by atoms with van der Waals surface area (Å²) < 4.78 is 23.9. The SMILES string of the molecule is CC1COC(c2cc(F)c(Cl)cc2N)O1. The van der Waals surface area contributed by atoms with Crippen LogP contribution in [0.5, 0.6) is 0 Å². The Morgan fingerprint density at radius 3 is 2.87 bits per heavy atom. The van der Waals surface area contributed by atoms with E-state index in [9.17, 15) is 4.39 Å². The predicted molar refractivity (Wildman–Crippen MR) is 55.1 cm³/mol. The largest absolute Gasteiger partial charge is 0.398 e. The zero-order valence-corrected chi connectivity index (χ0v) is 8.92. The summed E-state index contributed by atoms with van der Waals surface area (Å²) in [6.07, 6.45) is -0.597. The molecule has 2 atom stereocenters. The molecule has 2 unspecified atom stereocenters. The van der Waals surface area contributed by atoms with Crippen LogP contribution in [0.3, 0.4) is 0 Å². The third kappa shape index (κ3) is 2.07. The quantitative estimate of drug-likeness (QED) is 0.756. The van der Waals surface area contributed by atoms with Gasteiger partial charge in [-0.1, -0.05) is 11.6 Å². The van der Waals surface area contributed by atoms with Crippen molar-refractivity contribution in [2.45, 2.75) is 19.3 Å². The molecule has 1 aliphatic rings. The number of halogens is 2. The minimum absolute atomic E-state index is 0.00213. The highest BCUT2D eigenvalue weighted by atomic mass is 35.5. The normalized spacial score (nSPS) is 25.8. The molecule has 1 aromatic rings. The van der Waals surface area contributed by atoms with Gasteiger partial charge in [-0.05, 0) is 19.1 Å². The lowest BCUT2D eigenvalue weighted by Crippen LogP contribution is -2.05. The average molecular weight is 232 g/mol. The minimum Gasteiger partial charge on any atom is -0.398 e. The summed E-state index contributed by atoms with van der Waals surface area (Å²) in [5.74, 6) is -0.521. The van der Waals surface area contributed by atoms with Crippen LogP contribution >= 0.6 is 11.6 Å². The summed E-state index contributed by atoms with van der Waals surface area (Å²) in [6, 6.07) is 2.61. The van der Waals surface area contributed by atoms with E-state index in [2.05, 4.69) is 0 Å². The number of rotatable bonds is 1. The van der Waals surface area contributed by atoms with E-state index in [4.69, 9.17) is 26.8 Å². The van der Waals surface area contributed by atoms with Crippen molar-refractivity contribution in [3.63, 3.8) is 0 Å². The molecule has 0 spiro atoms. The first kappa shape index (κ1) is 10.7. The fraction of sp³-hybridized carbons (Fsp3) is 0.400. The van der Waals surface area contributed by atoms with Crippen LogP contribution < -0.4 is 5.73 Å². The highest BCUT2D eigenvalue weighted by molar-refractivity contribution is 6.31. The maximum Gasteiger partial charge on any atom is 0.186 e. The van der Waals surface area contributed by atoms with E-state index >= 15 is 0 Å². The molecule has 15 heavy (non-hydrogen) atoms. The lowest BCUT2D eigenvalue weighted by atomic mass is 10.1. The molecule has 1 aliphatic heterocycles. The van der Waals surface area contributed by atoms with E-state index < -0.39 is 12.1 Å². The molecule has 0 aliphatic carbocycles. The van der Waals surface area contributed by atoms with Gasteiger partial charge in [0.15, 0.2) is 6.29 Å².